The third kappa shape index (κ3) is 2.17. The van der Waals surface area contributed by atoms with E-state index in [0.717, 1.165) is 0 Å². The number of carboxylic acid groups (broad SMARTS) is 1. The van der Waals surface area contributed by atoms with Crippen molar-refractivity contribution in [2.24, 2.45) is 0 Å². The first-order chi connectivity index (χ1) is 13.2. The number of aromatic nitrogens is 8. The quantitative estimate of drug-likeness (QED) is 0.164. The van der Waals surface area contributed by atoms with Gasteiger partial charge in [0.1, 0.15) is 11.0 Å². The number of nitrogens with one attached hydrogen (secondary N) is 2. The topological polar surface area (TPSA) is 259 Å². The Morgan fingerprint density at radius 2 is 1.29 bits per heavy atom. The first-order valence-electron chi connectivity index (χ1n) is 7.51. The maximum atomic E-state index is 11.5. The van der Waals surface area contributed by atoms with Crippen molar-refractivity contribution in [3.63, 3.8) is 0 Å². The number of aliphatic hydroxyl groups is 3. The Morgan fingerprint density at radius 3 is 1.68 bits per heavy atom. The minimum absolute atomic E-state index is 0.0732. The molecule has 144 valence electrons. The second kappa shape index (κ2) is 5.52. The number of aromatic amines is 2. The maximum Gasteiger partial charge on any atom is 0.368 e. The second-order valence-electron chi connectivity index (χ2n) is 5.75. The van der Waals surface area contributed by atoms with Crippen molar-refractivity contribution in [1.29, 1.82) is 0 Å². The summed E-state index contributed by atoms with van der Waals surface area (Å²) in [7, 11) is 0. The highest BCUT2D eigenvalue weighted by atomic mass is 16.6. The van der Waals surface area contributed by atoms with Gasteiger partial charge in [-0.15, -0.1) is 0 Å². The van der Waals surface area contributed by atoms with Gasteiger partial charge in [0.2, 0.25) is 5.60 Å². The molecule has 0 aliphatic heterocycles. The maximum absolute atomic E-state index is 11.5. The SMILES string of the molecule is Nc1nc(C(O)(c2nc(N)c3[nH]cnc3n2)C(O)(O)C(=O)O)nc2nc[nH]c12. The lowest BCUT2D eigenvalue weighted by molar-refractivity contribution is -0.268. The predicted octanol–water partition coefficient (Wildman–Crippen LogP) is -2.81. The lowest BCUT2D eigenvalue weighted by Crippen LogP contribution is -2.59. The van der Waals surface area contributed by atoms with Crippen LogP contribution in [0.25, 0.3) is 22.3 Å². The molecule has 0 saturated carbocycles. The van der Waals surface area contributed by atoms with Gasteiger partial charge in [-0.25, -0.2) is 34.7 Å². The molecule has 0 atom stereocenters. The van der Waals surface area contributed by atoms with Gasteiger partial charge in [0.05, 0.1) is 12.7 Å². The molecular weight excluding hydrogens is 376 g/mol. The molecule has 4 aromatic rings. The summed E-state index contributed by atoms with van der Waals surface area (Å²) in [5, 5.41) is 41.0. The number of nitrogens with two attached hydrogens (primary N) is 2. The summed E-state index contributed by atoms with van der Waals surface area (Å²) in [5.41, 5.74) is 8.48. The van der Waals surface area contributed by atoms with Gasteiger partial charge in [-0.05, 0) is 0 Å². The third-order valence-electron chi connectivity index (χ3n) is 4.08. The monoisotopic (exact) mass is 388 g/mol. The minimum atomic E-state index is -3.88. The molecule has 0 spiro atoms. The number of anilines is 2. The summed E-state index contributed by atoms with van der Waals surface area (Å²) in [6.07, 6.45) is 2.45. The van der Waals surface area contributed by atoms with Crippen LogP contribution >= 0.6 is 0 Å². The Labute approximate surface area is 153 Å². The van der Waals surface area contributed by atoms with Crippen molar-refractivity contribution in [2.45, 2.75) is 11.4 Å². The third-order valence-corrected chi connectivity index (χ3v) is 4.08. The molecule has 0 saturated heterocycles. The Balaban J connectivity index is 2.07. The molecule has 15 heteroatoms. The highest BCUT2D eigenvalue weighted by molar-refractivity contribution is 5.83. The molecule has 0 aliphatic rings. The average molecular weight is 388 g/mol. The number of rotatable bonds is 4. The van der Waals surface area contributed by atoms with E-state index in [0.29, 0.717) is 0 Å². The van der Waals surface area contributed by atoms with Crippen LogP contribution in [0, 0.1) is 0 Å². The summed E-state index contributed by atoms with van der Waals surface area (Å²) < 4.78 is 0. The Kier molecular flexibility index (Phi) is 3.44. The van der Waals surface area contributed by atoms with E-state index in [-0.39, 0.29) is 34.0 Å². The van der Waals surface area contributed by atoms with E-state index in [1.54, 1.807) is 0 Å². The van der Waals surface area contributed by atoms with Crippen molar-refractivity contribution < 1.29 is 25.2 Å². The fraction of sp³-hybridized carbons (Fsp3) is 0.154. The van der Waals surface area contributed by atoms with Crippen LogP contribution in [0.5, 0.6) is 0 Å². The number of hydrogen-bond acceptors (Lipinski definition) is 12. The number of carbonyl (C=O) groups is 1. The average Bonchev–Trinajstić information content (AvgIpc) is 3.29. The number of fused-ring (bicyclic) bond motifs is 2. The summed E-state index contributed by atoms with van der Waals surface area (Å²) in [5.74, 6) is -8.25. The zero-order valence-electron chi connectivity index (χ0n) is 13.7. The molecule has 4 heterocycles. The normalized spacial score (nSPS) is 12.7. The lowest BCUT2D eigenvalue weighted by atomic mass is 9.90. The molecule has 10 N–H and O–H groups in total. The molecule has 0 radical (unpaired) electrons. The smallest absolute Gasteiger partial charge is 0.368 e. The molecule has 0 unspecified atom stereocenters. The molecule has 0 aliphatic carbocycles. The molecule has 0 aromatic carbocycles. The van der Waals surface area contributed by atoms with E-state index in [4.69, 9.17) is 11.5 Å². The highest BCUT2D eigenvalue weighted by Gasteiger charge is 2.62. The molecular formula is C13H12N10O5. The van der Waals surface area contributed by atoms with Crippen LogP contribution in [-0.4, -0.2) is 72.1 Å². The van der Waals surface area contributed by atoms with Gasteiger partial charge in [-0.2, -0.15) is 0 Å². The Morgan fingerprint density at radius 1 is 0.857 bits per heavy atom. The van der Waals surface area contributed by atoms with Crippen LogP contribution in [0.4, 0.5) is 11.6 Å². The predicted molar refractivity (Wildman–Crippen MR) is 90.0 cm³/mol. The number of imidazole rings is 2. The lowest BCUT2D eigenvalue weighted by Gasteiger charge is -2.33. The second-order valence-corrected chi connectivity index (χ2v) is 5.75. The van der Waals surface area contributed by atoms with E-state index in [1.807, 2.05) is 0 Å². The standard InChI is InChI=1S/C13H12N10O5/c14-5-3-7(18-1-16-3)22-9(20-5)12(26,13(27,28)11(24)25)10-21-6(15)4-8(23-10)19-2-17-4/h1-2,26-28H,(H,24,25)(H3,14,16,18,20,22)(H3,15,17,19,21,23). The Hall–Kier alpha value is -3.95. The number of hydrogen-bond donors (Lipinski definition) is 8. The highest BCUT2D eigenvalue weighted by Crippen LogP contribution is 2.37. The van der Waals surface area contributed by atoms with Gasteiger partial charge in [0.25, 0.3) is 0 Å². The van der Waals surface area contributed by atoms with Crippen LogP contribution in [0.3, 0.4) is 0 Å². The van der Waals surface area contributed by atoms with Crippen molar-refractivity contribution in [3.8, 4) is 0 Å². The first-order valence-corrected chi connectivity index (χ1v) is 7.51. The summed E-state index contributed by atoms with van der Waals surface area (Å²) in [6.45, 7) is 0. The first kappa shape index (κ1) is 17.5. The fourth-order valence-corrected chi connectivity index (χ4v) is 2.60. The van der Waals surface area contributed by atoms with E-state index < -0.39 is 29.0 Å². The van der Waals surface area contributed by atoms with E-state index >= 15 is 0 Å². The molecule has 28 heavy (non-hydrogen) atoms. The Bertz CT molecular complexity index is 1150. The number of nitrogen functional groups attached to an aromatic ring is 2. The summed E-state index contributed by atoms with van der Waals surface area (Å²) in [4.78, 5) is 39.8. The molecule has 0 fully saturated rings. The van der Waals surface area contributed by atoms with Gasteiger partial charge in [-0.1, -0.05) is 0 Å². The van der Waals surface area contributed by atoms with Gasteiger partial charge < -0.3 is 41.9 Å². The fourth-order valence-electron chi connectivity index (χ4n) is 2.60. The van der Waals surface area contributed by atoms with Gasteiger partial charge in [-0.3, -0.25) is 0 Å². The van der Waals surface area contributed by atoms with Crippen molar-refractivity contribution in [2.75, 3.05) is 11.5 Å². The van der Waals surface area contributed by atoms with Crippen molar-refractivity contribution >= 4 is 39.9 Å². The van der Waals surface area contributed by atoms with E-state index in [2.05, 4.69) is 39.9 Å². The number of nitrogens with zero attached hydrogens (tertiary/aromatic N) is 6. The zero-order valence-corrected chi connectivity index (χ0v) is 13.7. The van der Waals surface area contributed by atoms with Crippen LogP contribution in [0.1, 0.15) is 11.6 Å². The number of aliphatic carboxylic acids is 1. The van der Waals surface area contributed by atoms with Crippen molar-refractivity contribution in [1.82, 2.24) is 39.9 Å². The summed E-state index contributed by atoms with van der Waals surface area (Å²) >= 11 is 0. The van der Waals surface area contributed by atoms with Crippen LogP contribution < -0.4 is 11.5 Å². The van der Waals surface area contributed by atoms with E-state index in [9.17, 15) is 25.2 Å². The van der Waals surface area contributed by atoms with Crippen LogP contribution in [0.2, 0.25) is 0 Å². The van der Waals surface area contributed by atoms with Gasteiger partial charge >= 0.3 is 11.8 Å². The largest absolute Gasteiger partial charge is 0.477 e. The van der Waals surface area contributed by atoms with Gasteiger partial charge in [0, 0.05) is 0 Å². The molecule has 15 nitrogen and oxygen atoms in total. The minimum Gasteiger partial charge on any atom is -0.477 e. The number of H-pyrrole nitrogens is 2. The number of carboxylic acids is 1. The molecule has 0 bridgehead atoms. The van der Waals surface area contributed by atoms with Gasteiger partial charge in [0.15, 0.2) is 34.6 Å². The molecule has 4 aromatic heterocycles. The van der Waals surface area contributed by atoms with Crippen molar-refractivity contribution in [3.05, 3.63) is 24.3 Å². The van der Waals surface area contributed by atoms with Crippen LogP contribution in [0.15, 0.2) is 12.7 Å². The van der Waals surface area contributed by atoms with E-state index in [1.165, 1.54) is 12.7 Å². The summed E-state index contributed by atoms with van der Waals surface area (Å²) in [6, 6.07) is 0. The molecule has 4 rings (SSSR count). The van der Waals surface area contributed by atoms with Crippen LogP contribution in [-0.2, 0) is 10.4 Å². The molecule has 0 amide bonds. The zero-order chi connectivity index (χ0) is 20.3.